The van der Waals surface area contributed by atoms with Gasteiger partial charge in [0.25, 0.3) is 5.91 Å². The topological polar surface area (TPSA) is 66.5 Å². The van der Waals surface area contributed by atoms with Gasteiger partial charge in [0.1, 0.15) is 15.6 Å². The predicted octanol–water partition coefficient (Wildman–Crippen LogP) is 3.89. The summed E-state index contributed by atoms with van der Waals surface area (Å²) in [7, 11) is -3.81. The molecule has 2 aromatic carbocycles. The molecule has 0 fully saturated rings. The van der Waals surface area contributed by atoms with E-state index in [-0.39, 0.29) is 16.3 Å². The normalized spacial score (nSPS) is 14.5. The molecule has 0 atom stereocenters. The maximum Gasteiger partial charge on any atom is 0.267 e. The average Bonchev–Trinajstić information content (AvgIpc) is 3.20. The van der Waals surface area contributed by atoms with Gasteiger partial charge in [-0.15, -0.1) is 11.3 Å². The Labute approximate surface area is 166 Å². The van der Waals surface area contributed by atoms with E-state index in [1.807, 2.05) is 24.3 Å². The van der Waals surface area contributed by atoms with Crippen molar-refractivity contribution in [3.8, 4) is 0 Å². The summed E-state index contributed by atoms with van der Waals surface area (Å²) in [5, 5.41) is 4.21. The molecular weight excluding hydrogens is 399 g/mol. The number of carbonyl (C=O) groups excluding carboxylic acids is 1. The lowest BCUT2D eigenvalue weighted by atomic mass is 10.0. The van der Waals surface area contributed by atoms with Crippen molar-refractivity contribution in [1.29, 1.82) is 0 Å². The summed E-state index contributed by atoms with van der Waals surface area (Å²) in [6, 6.07) is 14.5. The second-order valence-corrected chi connectivity index (χ2v) is 9.25. The van der Waals surface area contributed by atoms with Crippen molar-refractivity contribution < 1.29 is 17.6 Å². The molecule has 2 heterocycles. The Morgan fingerprint density at radius 3 is 2.50 bits per heavy atom. The lowest BCUT2D eigenvalue weighted by Crippen LogP contribution is -2.36. The number of nitrogens with one attached hydrogen (secondary N) is 1. The van der Waals surface area contributed by atoms with E-state index in [9.17, 15) is 17.6 Å². The van der Waals surface area contributed by atoms with Crippen LogP contribution in [0, 0.1) is 5.82 Å². The van der Waals surface area contributed by atoms with Crippen LogP contribution in [0.2, 0.25) is 0 Å². The van der Waals surface area contributed by atoms with E-state index >= 15 is 0 Å². The molecule has 0 bridgehead atoms. The first-order valence-corrected chi connectivity index (χ1v) is 11.0. The van der Waals surface area contributed by atoms with Crippen LogP contribution in [0.4, 0.5) is 10.1 Å². The average molecular weight is 416 g/mol. The largest absolute Gasteiger partial charge is 0.321 e. The zero-order valence-electron chi connectivity index (χ0n) is 14.8. The number of nitrogens with zero attached hydrogens (tertiary/aromatic N) is 1. The van der Waals surface area contributed by atoms with E-state index in [4.69, 9.17) is 0 Å². The van der Waals surface area contributed by atoms with Gasteiger partial charge in [-0.05, 0) is 53.3 Å². The molecule has 28 heavy (non-hydrogen) atoms. The molecule has 0 unspecified atom stereocenters. The number of rotatable bonds is 4. The van der Waals surface area contributed by atoms with Crippen LogP contribution in [-0.2, 0) is 23.0 Å². The van der Waals surface area contributed by atoms with Gasteiger partial charge in [-0.25, -0.2) is 12.8 Å². The number of anilines is 1. The number of sulfonamides is 1. The van der Waals surface area contributed by atoms with Crippen molar-refractivity contribution in [3.63, 3.8) is 0 Å². The number of halogens is 1. The van der Waals surface area contributed by atoms with Gasteiger partial charge in [-0.3, -0.25) is 4.79 Å². The fraction of sp³-hybridized carbons (Fsp3) is 0.150. The highest BCUT2D eigenvalue weighted by Gasteiger charge is 2.32. The van der Waals surface area contributed by atoms with Gasteiger partial charge >= 0.3 is 0 Å². The number of carbonyl (C=O) groups is 1. The second-order valence-electron chi connectivity index (χ2n) is 6.43. The zero-order valence-corrected chi connectivity index (χ0v) is 16.4. The molecule has 144 valence electrons. The van der Waals surface area contributed by atoms with Gasteiger partial charge in [0.2, 0.25) is 10.0 Å². The highest BCUT2D eigenvalue weighted by molar-refractivity contribution is 7.89. The zero-order chi connectivity index (χ0) is 19.7. The summed E-state index contributed by atoms with van der Waals surface area (Å²) < 4.78 is 40.8. The molecule has 1 amide bonds. The highest BCUT2D eigenvalue weighted by atomic mass is 32.2. The summed E-state index contributed by atoms with van der Waals surface area (Å²) in [6.07, 6.45) is 0.636. The van der Waals surface area contributed by atoms with Crippen molar-refractivity contribution in [1.82, 2.24) is 4.31 Å². The van der Waals surface area contributed by atoms with E-state index in [2.05, 4.69) is 5.32 Å². The molecule has 0 spiro atoms. The van der Waals surface area contributed by atoms with E-state index < -0.39 is 21.7 Å². The Bertz CT molecular complexity index is 1120. The van der Waals surface area contributed by atoms with Gasteiger partial charge in [-0.2, -0.15) is 4.31 Å². The van der Waals surface area contributed by atoms with Crippen LogP contribution in [0.25, 0.3) is 0 Å². The third-order valence-corrected chi connectivity index (χ3v) is 7.58. The van der Waals surface area contributed by atoms with Crippen LogP contribution in [0.3, 0.4) is 0 Å². The Hall–Kier alpha value is -2.55. The number of amides is 1. The lowest BCUT2D eigenvalue weighted by molar-refractivity contribution is 0.102. The quantitative estimate of drug-likeness (QED) is 0.702. The van der Waals surface area contributed by atoms with E-state index in [1.165, 1.54) is 34.6 Å². The van der Waals surface area contributed by atoms with Crippen LogP contribution in [-0.4, -0.2) is 25.2 Å². The van der Waals surface area contributed by atoms with Gasteiger partial charge in [0.05, 0.1) is 0 Å². The first-order chi connectivity index (χ1) is 13.4. The summed E-state index contributed by atoms with van der Waals surface area (Å²) in [6.45, 7) is 0.654. The third kappa shape index (κ3) is 3.58. The molecular formula is C20H17FN2O3S2. The summed E-state index contributed by atoms with van der Waals surface area (Å²) in [4.78, 5) is 12.7. The number of hydrogen-bond donors (Lipinski definition) is 1. The minimum absolute atomic E-state index is 0.00325. The molecule has 0 saturated heterocycles. The van der Waals surface area contributed by atoms with Gasteiger partial charge < -0.3 is 5.32 Å². The van der Waals surface area contributed by atoms with Crippen LogP contribution >= 0.6 is 11.3 Å². The molecule has 4 rings (SSSR count). The van der Waals surface area contributed by atoms with Gasteiger partial charge in [-0.1, -0.05) is 24.3 Å². The summed E-state index contributed by atoms with van der Waals surface area (Å²) in [5.74, 6) is -0.944. The number of hydrogen-bond acceptors (Lipinski definition) is 4. The SMILES string of the molecule is O=C(Nc1ccc(F)cc1)c1sccc1S(=O)(=O)N1CCc2ccccc2C1. The molecule has 0 aliphatic carbocycles. The van der Waals surface area contributed by atoms with E-state index in [0.29, 0.717) is 18.7 Å². The maximum atomic E-state index is 13.2. The fourth-order valence-corrected chi connectivity index (χ4v) is 5.92. The van der Waals surface area contributed by atoms with Gasteiger partial charge in [0.15, 0.2) is 0 Å². The first kappa shape index (κ1) is 18.8. The maximum absolute atomic E-state index is 13.2. The number of fused-ring (bicyclic) bond motifs is 1. The monoisotopic (exact) mass is 416 g/mol. The molecule has 1 N–H and O–H groups in total. The third-order valence-electron chi connectivity index (χ3n) is 4.65. The van der Waals surface area contributed by atoms with Crippen molar-refractivity contribution in [2.45, 2.75) is 17.9 Å². The standard InChI is InChI=1S/C20H17FN2O3S2/c21-16-5-7-17(8-6-16)22-20(24)19-18(10-12-27-19)28(25,26)23-11-9-14-3-1-2-4-15(14)13-23/h1-8,10,12H,9,11,13H2,(H,22,24). The number of benzene rings is 2. The Balaban J connectivity index is 1.59. The van der Waals surface area contributed by atoms with Crippen molar-refractivity contribution >= 4 is 33.0 Å². The highest BCUT2D eigenvalue weighted by Crippen LogP contribution is 2.30. The molecule has 1 aromatic heterocycles. The van der Waals surface area contributed by atoms with Crippen molar-refractivity contribution in [2.75, 3.05) is 11.9 Å². The molecule has 3 aromatic rings. The molecule has 0 radical (unpaired) electrons. The Kier molecular flexibility index (Phi) is 5.01. The minimum Gasteiger partial charge on any atom is -0.321 e. The fourth-order valence-electron chi connectivity index (χ4n) is 3.20. The Morgan fingerprint density at radius 2 is 1.75 bits per heavy atom. The molecule has 8 heteroatoms. The lowest BCUT2D eigenvalue weighted by Gasteiger charge is -2.28. The smallest absolute Gasteiger partial charge is 0.267 e. The summed E-state index contributed by atoms with van der Waals surface area (Å²) in [5.41, 5.74) is 2.52. The summed E-state index contributed by atoms with van der Waals surface area (Å²) >= 11 is 1.06. The predicted molar refractivity (Wildman–Crippen MR) is 106 cm³/mol. The van der Waals surface area contributed by atoms with Crippen molar-refractivity contribution in [2.24, 2.45) is 0 Å². The van der Waals surface area contributed by atoms with Crippen LogP contribution < -0.4 is 5.32 Å². The minimum atomic E-state index is -3.81. The molecule has 1 aliphatic rings. The molecule has 5 nitrogen and oxygen atoms in total. The van der Waals surface area contributed by atoms with E-state index in [0.717, 1.165) is 22.5 Å². The van der Waals surface area contributed by atoms with Crippen LogP contribution in [0.1, 0.15) is 20.8 Å². The van der Waals surface area contributed by atoms with Gasteiger partial charge in [0, 0.05) is 18.8 Å². The second kappa shape index (κ2) is 7.46. The molecule has 0 saturated carbocycles. The molecule has 1 aliphatic heterocycles. The van der Waals surface area contributed by atoms with E-state index in [1.54, 1.807) is 5.38 Å². The van der Waals surface area contributed by atoms with Crippen LogP contribution in [0.15, 0.2) is 64.9 Å². The van der Waals surface area contributed by atoms with Crippen molar-refractivity contribution in [3.05, 3.63) is 81.8 Å². The van der Waals surface area contributed by atoms with Crippen LogP contribution in [0.5, 0.6) is 0 Å². The first-order valence-electron chi connectivity index (χ1n) is 8.66. The Morgan fingerprint density at radius 1 is 1.04 bits per heavy atom. The number of thiophene rings is 1.